The lowest BCUT2D eigenvalue weighted by atomic mass is 9.78. The van der Waals surface area contributed by atoms with E-state index in [-0.39, 0.29) is 29.2 Å². The van der Waals surface area contributed by atoms with Crippen molar-refractivity contribution in [3.05, 3.63) is 71.4 Å². The molecule has 2 saturated heterocycles. The average Bonchev–Trinajstić information content (AvgIpc) is 3.55. The number of carbonyl (C=O) groups excluding carboxylic acids is 3. The van der Waals surface area contributed by atoms with Gasteiger partial charge in [-0.2, -0.15) is 5.10 Å². The summed E-state index contributed by atoms with van der Waals surface area (Å²) < 4.78 is 1.95. The largest absolute Gasteiger partial charge is 0.355 e. The number of benzene rings is 1. The molecule has 2 fully saturated rings. The Hall–Kier alpha value is -4.12. The maximum Gasteiger partial charge on any atom is 0.276 e. The van der Waals surface area contributed by atoms with E-state index in [9.17, 15) is 14.4 Å². The Labute approximate surface area is 233 Å². The number of likely N-dealkylation sites (tertiary alicyclic amines) is 1. The molecule has 1 N–H and O–H groups in total. The Bertz CT molecular complexity index is 1400. The zero-order valence-corrected chi connectivity index (χ0v) is 22.9. The molecule has 0 atom stereocenters. The average molecular weight is 543 g/mol. The predicted octanol–water partition coefficient (Wildman–Crippen LogP) is 2.75. The number of piperidine rings is 2. The number of hydrazine groups is 1. The van der Waals surface area contributed by atoms with Gasteiger partial charge < -0.3 is 9.80 Å². The maximum absolute atomic E-state index is 13.6. The van der Waals surface area contributed by atoms with Crippen LogP contribution in [0.3, 0.4) is 0 Å². The van der Waals surface area contributed by atoms with E-state index in [0.29, 0.717) is 30.8 Å². The van der Waals surface area contributed by atoms with Crippen LogP contribution in [0.4, 0.5) is 5.82 Å². The predicted molar refractivity (Wildman–Crippen MR) is 147 cm³/mol. The lowest BCUT2D eigenvalue weighted by Crippen LogP contribution is -2.51. The van der Waals surface area contributed by atoms with E-state index >= 15 is 0 Å². The van der Waals surface area contributed by atoms with E-state index in [1.54, 1.807) is 42.9 Å². The second kappa shape index (κ2) is 10.5. The molecule has 0 spiro atoms. The smallest absolute Gasteiger partial charge is 0.276 e. The van der Waals surface area contributed by atoms with Crippen LogP contribution in [0.5, 0.6) is 0 Å². The van der Waals surface area contributed by atoms with E-state index < -0.39 is 0 Å². The number of carbonyl (C=O) groups is 3. The van der Waals surface area contributed by atoms with Gasteiger partial charge in [-0.1, -0.05) is 19.1 Å². The first kappa shape index (κ1) is 26.1. The Morgan fingerprint density at radius 1 is 1.00 bits per heavy atom. The Morgan fingerprint density at radius 3 is 2.33 bits per heavy atom. The fourth-order valence-corrected chi connectivity index (χ4v) is 5.93. The number of nitrogens with one attached hydrogen (secondary N) is 1. The SMILES string of the molecule is Cc1cncc(N2CCC(C)(C(=O)N3CCC(n4cc(CNN5C(=O)c6ccccc6C5=O)cn4)CC3)CC2)n1. The van der Waals surface area contributed by atoms with Crippen molar-refractivity contribution in [1.82, 2.24) is 35.1 Å². The van der Waals surface area contributed by atoms with Crippen LogP contribution in [0.2, 0.25) is 0 Å². The minimum atomic E-state index is -0.366. The number of nitrogens with zero attached hydrogens (tertiary/aromatic N) is 7. The summed E-state index contributed by atoms with van der Waals surface area (Å²) in [6.07, 6.45) is 10.5. The van der Waals surface area contributed by atoms with Crippen molar-refractivity contribution in [1.29, 1.82) is 0 Å². The second-order valence-corrected chi connectivity index (χ2v) is 11.2. The molecule has 3 aliphatic rings. The van der Waals surface area contributed by atoms with Gasteiger partial charge in [0.15, 0.2) is 0 Å². The quantitative estimate of drug-likeness (QED) is 0.473. The maximum atomic E-state index is 13.6. The molecule has 0 bridgehead atoms. The van der Waals surface area contributed by atoms with E-state index in [1.807, 2.05) is 22.7 Å². The highest BCUT2D eigenvalue weighted by molar-refractivity contribution is 6.20. The third kappa shape index (κ3) is 4.85. The molecule has 40 heavy (non-hydrogen) atoms. The molecule has 1 aromatic carbocycles. The number of hydrogen-bond donors (Lipinski definition) is 1. The third-order valence-electron chi connectivity index (χ3n) is 8.47. The first-order chi connectivity index (χ1) is 19.3. The van der Waals surface area contributed by atoms with Crippen molar-refractivity contribution in [2.45, 2.75) is 52.1 Å². The number of amides is 3. The fraction of sp³-hybridized carbons (Fsp3) is 0.448. The summed E-state index contributed by atoms with van der Waals surface area (Å²) >= 11 is 0. The van der Waals surface area contributed by atoms with Gasteiger partial charge in [0.1, 0.15) is 5.82 Å². The molecule has 208 valence electrons. The normalized spacial score (nSPS) is 19.3. The van der Waals surface area contributed by atoms with Crippen molar-refractivity contribution >= 4 is 23.5 Å². The number of rotatable bonds is 6. The highest BCUT2D eigenvalue weighted by Gasteiger charge is 2.41. The van der Waals surface area contributed by atoms with Crippen molar-refractivity contribution in [3.63, 3.8) is 0 Å². The molecule has 0 saturated carbocycles. The lowest BCUT2D eigenvalue weighted by Gasteiger charge is -2.43. The molecule has 3 amide bonds. The number of aromatic nitrogens is 4. The molecule has 0 radical (unpaired) electrons. The summed E-state index contributed by atoms with van der Waals surface area (Å²) in [5.74, 6) is 0.446. The van der Waals surface area contributed by atoms with Crippen LogP contribution in [-0.4, -0.2) is 73.6 Å². The van der Waals surface area contributed by atoms with Gasteiger partial charge in [0.05, 0.1) is 35.3 Å². The summed E-state index contributed by atoms with van der Waals surface area (Å²) in [6, 6.07) is 7.03. The van der Waals surface area contributed by atoms with Crippen LogP contribution in [0.15, 0.2) is 49.1 Å². The summed E-state index contributed by atoms with van der Waals surface area (Å²) in [5, 5.41) is 5.62. The Balaban J connectivity index is 0.996. The van der Waals surface area contributed by atoms with E-state index in [1.165, 1.54) is 0 Å². The lowest BCUT2D eigenvalue weighted by molar-refractivity contribution is -0.143. The number of aryl methyl sites for hydroxylation is 1. The highest BCUT2D eigenvalue weighted by Crippen LogP contribution is 2.36. The zero-order valence-electron chi connectivity index (χ0n) is 22.9. The van der Waals surface area contributed by atoms with Gasteiger partial charge in [-0.25, -0.2) is 15.4 Å². The standard InChI is InChI=1S/C29H34N8O3/c1-20-15-30-18-25(33-20)34-13-9-29(2,10-14-34)28(40)35-11-7-22(8-12-35)36-19-21(16-31-36)17-32-37-26(38)23-5-3-4-6-24(23)27(37)39/h3-6,15-16,18-19,22,32H,7-14,17H2,1-2H3. The van der Waals surface area contributed by atoms with Crippen LogP contribution in [0.25, 0.3) is 0 Å². The first-order valence-electron chi connectivity index (χ1n) is 13.9. The van der Waals surface area contributed by atoms with E-state index in [0.717, 1.165) is 60.9 Å². The van der Waals surface area contributed by atoms with Crippen LogP contribution in [-0.2, 0) is 11.3 Å². The zero-order chi connectivity index (χ0) is 27.9. The minimum absolute atomic E-state index is 0.201. The minimum Gasteiger partial charge on any atom is -0.355 e. The molecule has 3 aliphatic heterocycles. The summed E-state index contributed by atoms with van der Waals surface area (Å²) in [5.41, 5.74) is 5.20. The topological polar surface area (TPSA) is 117 Å². The molecule has 5 heterocycles. The van der Waals surface area contributed by atoms with Crippen LogP contribution in [0.1, 0.15) is 70.6 Å². The van der Waals surface area contributed by atoms with Crippen LogP contribution >= 0.6 is 0 Å². The van der Waals surface area contributed by atoms with Crippen molar-refractivity contribution in [2.24, 2.45) is 5.41 Å². The van der Waals surface area contributed by atoms with Crippen molar-refractivity contribution < 1.29 is 14.4 Å². The van der Waals surface area contributed by atoms with Crippen LogP contribution in [0, 0.1) is 12.3 Å². The van der Waals surface area contributed by atoms with Gasteiger partial charge in [0.25, 0.3) is 11.8 Å². The Kier molecular flexibility index (Phi) is 6.83. The summed E-state index contributed by atoms with van der Waals surface area (Å²) in [6.45, 7) is 7.34. The molecule has 6 rings (SSSR count). The molecular formula is C29H34N8O3. The fourth-order valence-electron chi connectivity index (χ4n) is 5.93. The van der Waals surface area contributed by atoms with Gasteiger partial charge in [-0.05, 0) is 44.7 Å². The van der Waals surface area contributed by atoms with Crippen LogP contribution < -0.4 is 10.3 Å². The molecule has 0 unspecified atom stereocenters. The van der Waals surface area contributed by atoms with Gasteiger partial charge in [0.2, 0.25) is 5.91 Å². The van der Waals surface area contributed by atoms with Crippen molar-refractivity contribution in [3.8, 4) is 0 Å². The molecule has 0 aliphatic carbocycles. The van der Waals surface area contributed by atoms with Gasteiger partial charge in [-0.3, -0.25) is 24.0 Å². The van der Waals surface area contributed by atoms with E-state index in [2.05, 4.69) is 32.3 Å². The highest BCUT2D eigenvalue weighted by atomic mass is 16.2. The van der Waals surface area contributed by atoms with Gasteiger partial charge in [-0.15, -0.1) is 0 Å². The first-order valence-corrected chi connectivity index (χ1v) is 13.9. The number of imide groups is 1. The molecular weight excluding hydrogens is 508 g/mol. The molecule has 11 heteroatoms. The number of fused-ring (bicyclic) bond motifs is 1. The third-order valence-corrected chi connectivity index (χ3v) is 8.47. The van der Waals surface area contributed by atoms with Gasteiger partial charge in [0, 0.05) is 56.1 Å². The second-order valence-electron chi connectivity index (χ2n) is 11.2. The van der Waals surface area contributed by atoms with Gasteiger partial charge >= 0.3 is 0 Å². The van der Waals surface area contributed by atoms with E-state index in [4.69, 9.17) is 0 Å². The number of hydrogen-bond acceptors (Lipinski definition) is 8. The summed E-state index contributed by atoms with van der Waals surface area (Å²) in [7, 11) is 0. The van der Waals surface area contributed by atoms with Crippen molar-refractivity contribution in [2.75, 3.05) is 31.1 Å². The monoisotopic (exact) mass is 542 g/mol. The molecule has 2 aromatic heterocycles. The summed E-state index contributed by atoms with van der Waals surface area (Å²) in [4.78, 5) is 51.8. The Morgan fingerprint density at radius 2 is 1.68 bits per heavy atom. The number of anilines is 1. The molecule has 3 aromatic rings. The molecule has 11 nitrogen and oxygen atoms in total.